The number of hydrogen-bond acceptors (Lipinski definition) is 5. The number of carbonyl (C=O) groups is 2. The number of sulfonamides is 1. The van der Waals surface area contributed by atoms with E-state index in [9.17, 15) is 18.0 Å². The third kappa shape index (κ3) is 6.17. The molecule has 1 atom stereocenters. The first-order valence-electron chi connectivity index (χ1n) is 8.76. The summed E-state index contributed by atoms with van der Waals surface area (Å²) in [6, 6.07) is 13.8. The summed E-state index contributed by atoms with van der Waals surface area (Å²) in [6.45, 7) is 4.45. The summed E-state index contributed by atoms with van der Waals surface area (Å²) in [4.78, 5) is 23.7. The SMILES string of the molecule is Cc1ccc(S(=O)(=O)NCC(=O)OCC(=O)N[C@@H](C)c2ccccc2)cc1C. The van der Waals surface area contributed by atoms with E-state index in [-0.39, 0.29) is 10.9 Å². The van der Waals surface area contributed by atoms with Crippen LogP contribution in [0, 0.1) is 13.8 Å². The fourth-order valence-electron chi connectivity index (χ4n) is 2.42. The first-order valence-corrected chi connectivity index (χ1v) is 10.2. The number of rotatable bonds is 8. The van der Waals surface area contributed by atoms with Crippen molar-refractivity contribution in [3.05, 3.63) is 65.2 Å². The monoisotopic (exact) mass is 404 g/mol. The van der Waals surface area contributed by atoms with Crippen LogP contribution in [0.4, 0.5) is 0 Å². The van der Waals surface area contributed by atoms with Crippen LogP contribution in [0.25, 0.3) is 0 Å². The highest BCUT2D eigenvalue weighted by Crippen LogP contribution is 2.14. The van der Waals surface area contributed by atoms with E-state index in [2.05, 4.69) is 10.0 Å². The molecule has 0 saturated heterocycles. The standard InChI is InChI=1S/C20H24N2O5S/c1-14-9-10-18(11-15(14)2)28(25,26)21-12-20(24)27-13-19(23)22-16(3)17-7-5-4-6-8-17/h4-11,16,21H,12-13H2,1-3H3,(H,22,23)/t16-/m0/s1. The number of benzene rings is 2. The average Bonchev–Trinajstić information content (AvgIpc) is 2.67. The van der Waals surface area contributed by atoms with Gasteiger partial charge in [0.25, 0.3) is 5.91 Å². The summed E-state index contributed by atoms with van der Waals surface area (Å²) in [6.07, 6.45) is 0. The molecule has 0 saturated carbocycles. The van der Waals surface area contributed by atoms with Gasteiger partial charge in [0.15, 0.2) is 6.61 Å². The Morgan fingerprint density at radius 1 is 1.04 bits per heavy atom. The Hall–Kier alpha value is -2.71. The molecule has 2 aromatic carbocycles. The smallest absolute Gasteiger partial charge is 0.321 e. The maximum absolute atomic E-state index is 12.2. The van der Waals surface area contributed by atoms with Crippen LogP contribution in [-0.2, 0) is 24.3 Å². The molecule has 1 amide bonds. The van der Waals surface area contributed by atoms with E-state index in [1.165, 1.54) is 12.1 Å². The molecule has 0 spiro atoms. The van der Waals surface area contributed by atoms with Gasteiger partial charge in [0.05, 0.1) is 10.9 Å². The van der Waals surface area contributed by atoms with E-state index < -0.39 is 35.1 Å². The number of esters is 1. The number of nitrogens with one attached hydrogen (secondary N) is 2. The van der Waals surface area contributed by atoms with Crippen molar-refractivity contribution < 1.29 is 22.7 Å². The average molecular weight is 404 g/mol. The van der Waals surface area contributed by atoms with Crippen LogP contribution in [0.1, 0.15) is 29.7 Å². The molecule has 0 heterocycles. The molecular formula is C20H24N2O5S. The van der Waals surface area contributed by atoms with Gasteiger partial charge in [-0.15, -0.1) is 0 Å². The minimum atomic E-state index is -3.84. The lowest BCUT2D eigenvalue weighted by Crippen LogP contribution is -2.34. The predicted molar refractivity (Wildman–Crippen MR) is 105 cm³/mol. The zero-order valence-electron chi connectivity index (χ0n) is 16.1. The van der Waals surface area contributed by atoms with Crippen molar-refractivity contribution in [1.82, 2.24) is 10.0 Å². The zero-order chi connectivity index (χ0) is 20.7. The molecule has 2 N–H and O–H groups in total. The van der Waals surface area contributed by atoms with E-state index >= 15 is 0 Å². The molecule has 0 aliphatic heterocycles. The predicted octanol–water partition coefficient (Wildman–Crippen LogP) is 2.00. The summed E-state index contributed by atoms with van der Waals surface area (Å²) < 4.78 is 31.5. The summed E-state index contributed by atoms with van der Waals surface area (Å²) in [5.41, 5.74) is 2.71. The molecule has 0 radical (unpaired) electrons. The van der Waals surface area contributed by atoms with Crippen molar-refractivity contribution in [1.29, 1.82) is 0 Å². The highest BCUT2D eigenvalue weighted by molar-refractivity contribution is 7.89. The Bertz CT molecular complexity index is 942. The van der Waals surface area contributed by atoms with Crippen molar-refractivity contribution in [3.63, 3.8) is 0 Å². The van der Waals surface area contributed by atoms with Crippen LogP contribution in [0.5, 0.6) is 0 Å². The Labute approximate surface area is 165 Å². The second kappa shape index (κ2) is 9.48. The fraction of sp³-hybridized carbons (Fsp3) is 0.300. The van der Waals surface area contributed by atoms with Crippen LogP contribution in [0.2, 0.25) is 0 Å². The Kier molecular flexibility index (Phi) is 7.31. The van der Waals surface area contributed by atoms with Crippen molar-refractivity contribution >= 4 is 21.9 Å². The first-order chi connectivity index (χ1) is 13.2. The summed E-state index contributed by atoms with van der Waals surface area (Å²) >= 11 is 0. The third-order valence-electron chi connectivity index (χ3n) is 4.24. The molecule has 0 aliphatic rings. The van der Waals surface area contributed by atoms with Crippen LogP contribution < -0.4 is 10.0 Å². The Balaban J connectivity index is 1.80. The Morgan fingerprint density at radius 3 is 2.36 bits per heavy atom. The van der Waals surface area contributed by atoms with Crippen LogP contribution in [0.3, 0.4) is 0 Å². The lowest BCUT2D eigenvalue weighted by molar-refractivity contribution is -0.147. The zero-order valence-corrected chi connectivity index (χ0v) is 16.9. The van der Waals surface area contributed by atoms with E-state index in [0.29, 0.717) is 0 Å². The van der Waals surface area contributed by atoms with Crippen molar-refractivity contribution in [2.24, 2.45) is 0 Å². The molecule has 0 aliphatic carbocycles. The molecule has 0 unspecified atom stereocenters. The van der Waals surface area contributed by atoms with E-state index in [1.54, 1.807) is 13.0 Å². The largest absolute Gasteiger partial charge is 0.455 e. The maximum atomic E-state index is 12.2. The quantitative estimate of drug-likeness (QED) is 0.656. The van der Waals surface area contributed by atoms with Gasteiger partial charge in [0.1, 0.15) is 6.54 Å². The summed E-state index contributed by atoms with van der Waals surface area (Å²) in [5.74, 6) is -1.31. The molecule has 7 nitrogen and oxygen atoms in total. The molecule has 28 heavy (non-hydrogen) atoms. The highest BCUT2D eigenvalue weighted by atomic mass is 32.2. The maximum Gasteiger partial charge on any atom is 0.321 e. The second-order valence-corrected chi connectivity index (χ2v) is 8.20. The van der Waals surface area contributed by atoms with Gasteiger partial charge in [0, 0.05) is 0 Å². The summed E-state index contributed by atoms with van der Waals surface area (Å²) in [5, 5.41) is 2.71. The van der Waals surface area contributed by atoms with Crippen LogP contribution in [-0.4, -0.2) is 33.4 Å². The van der Waals surface area contributed by atoms with Gasteiger partial charge in [-0.1, -0.05) is 36.4 Å². The van der Waals surface area contributed by atoms with Gasteiger partial charge in [-0.05, 0) is 49.6 Å². The minimum Gasteiger partial charge on any atom is -0.455 e. The molecule has 0 aromatic heterocycles. The number of aryl methyl sites for hydroxylation is 2. The number of amides is 1. The lowest BCUT2D eigenvalue weighted by Gasteiger charge is -2.14. The van der Waals surface area contributed by atoms with E-state index in [4.69, 9.17) is 4.74 Å². The van der Waals surface area contributed by atoms with Gasteiger partial charge in [-0.3, -0.25) is 9.59 Å². The van der Waals surface area contributed by atoms with Gasteiger partial charge in [0.2, 0.25) is 10.0 Å². The molecule has 0 bridgehead atoms. The van der Waals surface area contributed by atoms with Gasteiger partial charge in [-0.25, -0.2) is 8.42 Å². The topological polar surface area (TPSA) is 102 Å². The second-order valence-electron chi connectivity index (χ2n) is 6.43. The number of ether oxygens (including phenoxy) is 1. The van der Waals surface area contributed by atoms with Crippen molar-refractivity contribution in [2.75, 3.05) is 13.2 Å². The molecule has 150 valence electrons. The van der Waals surface area contributed by atoms with Gasteiger partial charge < -0.3 is 10.1 Å². The lowest BCUT2D eigenvalue weighted by atomic mass is 10.1. The molecular weight excluding hydrogens is 380 g/mol. The number of hydrogen-bond donors (Lipinski definition) is 2. The Morgan fingerprint density at radius 2 is 1.71 bits per heavy atom. The van der Waals surface area contributed by atoms with Crippen molar-refractivity contribution in [3.8, 4) is 0 Å². The van der Waals surface area contributed by atoms with Crippen molar-refractivity contribution in [2.45, 2.75) is 31.7 Å². The minimum absolute atomic E-state index is 0.0674. The van der Waals surface area contributed by atoms with E-state index in [0.717, 1.165) is 16.7 Å². The highest BCUT2D eigenvalue weighted by Gasteiger charge is 2.17. The molecule has 8 heteroatoms. The van der Waals surface area contributed by atoms with E-state index in [1.807, 2.05) is 44.2 Å². The first kappa shape index (κ1) is 21.6. The van der Waals surface area contributed by atoms with Gasteiger partial charge in [-0.2, -0.15) is 4.72 Å². The number of carbonyl (C=O) groups excluding carboxylic acids is 2. The molecule has 0 fully saturated rings. The normalized spacial score (nSPS) is 12.2. The van der Waals surface area contributed by atoms with Gasteiger partial charge >= 0.3 is 5.97 Å². The van der Waals surface area contributed by atoms with Crippen LogP contribution >= 0.6 is 0 Å². The van der Waals surface area contributed by atoms with Crippen LogP contribution in [0.15, 0.2) is 53.4 Å². The molecule has 2 rings (SSSR count). The summed E-state index contributed by atoms with van der Waals surface area (Å²) in [7, 11) is -3.84. The molecule has 2 aromatic rings. The fourth-order valence-corrected chi connectivity index (χ4v) is 3.48. The third-order valence-corrected chi connectivity index (χ3v) is 5.64.